The van der Waals surface area contributed by atoms with E-state index in [4.69, 9.17) is 25.8 Å². The second-order valence-electron chi connectivity index (χ2n) is 6.58. The molecule has 1 aromatic carbocycles. The smallest absolute Gasteiger partial charge is 0.199 e. The largest absolute Gasteiger partial charge is 0.464 e. The molecule has 130 valence electrons. The maximum atomic E-state index is 6.48. The normalized spacial score (nSPS) is 25.1. The molecule has 2 saturated heterocycles. The molecule has 1 aromatic heterocycles. The fraction of sp³-hybridized carbons (Fsp3) is 0.611. The van der Waals surface area contributed by atoms with Gasteiger partial charge in [-0.3, -0.25) is 0 Å². The monoisotopic (exact) mass is 350 g/mol. The SMILES string of the molecule is Cc1ccc2c(c(Cl)nn2C2CCCCO2)c1OC1CCCCO1. The van der Waals surface area contributed by atoms with Crippen LogP contribution in [0.5, 0.6) is 5.75 Å². The van der Waals surface area contributed by atoms with Crippen molar-refractivity contribution < 1.29 is 14.2 Å². The number of aryl methyl sites for hydroxylation is 1. The van der Waals surface area contributed by atoms with Crippen molar-refractivity contribution in [2.45, 2.75) is 58.0 Å². The molecule has 4 rings (SSSR count). The maximum absolute atomic E-state index is 6.48. The first kappa shape index (κ1) is 16.2. The van der Waals surface area contributed by atoms with Gasteiger partial charge in [0.15, 0.2) is 17.7 Å². The first-order valence-electron chi connectivity index (χ1n) is 8.81. The average Bonchev–Trinajstić information content (AvgIpc) is 2.96. The van der Waals surface area contributed by atoms with Crippen molar-refractivity contribution in [3.63, 3.8) is 0 Å². The summed E-state index contributed by atoms with van der Waals surface area (Å²) in [5.41, 5.74) is 2.01. The summed E-state index contributed by atoms with van der Waals surface area (Å²) in [7, 11) is 0. The number of hydrogen-bond acceptors (Lipinski definition) is 4. The highest BCUT2D eigenvalue weighted by Crippen LogP contribution is 2.38. The van der Waals surface area contributed by atoms with Gasteiger partial charge in [-0.05, 0) is 50.7 Å². The van der Waals surface area contributed by atoms with E-state index in [1.807, 2.05) is 11.6 Å². The summed E-state index contributed by atoms with van der Waals surface area (Å²) in [5, 5.41) is 5.87. The Morgan fingerprint density at radius 1 is 1.12 bits per heavy atom. The summed E-state index contributed by atoms with van der Waals surface area (Å²) >= 11 is 6.48. The van der Waals surface area contributed by atoms with E-state index in [9.17, 15) is 0 Å². The Balaban J connectivity index is 1.73. The molecule has 0 saturated carbocycles. The number of fused-ring (bicyclic) bond motifs is 1. The first-order chi connectivity index (χ1) is 11.7. The second kappa shape index (κ2) is 6.90. The van der Waals surface area contributed by atoms with Gasteiger partial charge in [-0.1, -0.05) is 17.7 Å². The maximum Gasteiger partial charge on any atom is 0.199 e. The summed E-state index contributed by atoms with van der Waals surface area (Å²) in [6.07, 6.45) is 6.10. The Morgan fingerprint density at radius 3 is 2.62 bits per heavy atom. The van der Waals surface area contributed by atoms with Crippen LogP contribution in [-0.4, -0.2) is 29.3 Å². The summed E-state index contributed by atoms with van der Waals surface area (Å²) in [6, 6.07) is 4.11. The lowest BCUT2D eigenvalue weighted by molar-refractivity contribution is -0.105. The molecule has 0 bridgehead atoms. The molecule has 5 nitrogen and oxygen atoms in total. The van der Waals surface area contributed by atoms with Gasteiger partial charge in [0.1, 0.15) is 5.75 Å². The van der Waals surface area contributed by atoms with E-state index in [1.54, 1.807) is 0 Å². The van der Waals surface area contributed by atoms with Gasteiger partial charge in [-0.15, -0.1) is 0 Å². The Morgan fingerprint density at radius 2 is 1.92 bits per heavy atom. The third-order valence-electron chi connectivity index (χ3n) is 4.80. The van der Waals surface area contributed by atoms with Crippen LogP contribution in [0.3, 0.4) is 0 Å². The quantitative estimate of drug-likeness (QED) is 0.811. The van der Waals surface area contributed by atoms with Crippen LogP contribution >= 0.6 is 11.6 Å². The highest BCUT2D eigenvalue weighted by molar-refractivity contribution is 6.35. The van der Waals surface area contributed by atoms with Crippen molar-refractivity contribution >= 4 is 22.5 Å². The van der Waals surface area contributed by atoms with Gasteiger partial charge in [-0.25, -0.2) is 4.68 Å². The molecule has 2 fully saturated rings. The number of hydrogen-bond donors (Lipinski definition) is 0. The molecule has 24 heavy (non-hydrogen) atoms. The van der Waals surface area contributed by atoms with E-state index in [2.05, 4.69) is 17.2 Å². The third kappa shape index (κ3) is 3.01. The zero-order valence-electron chi connectivity index (χ0n) is 14.0. The predicted octanol–water partition coefficient (Wildman–Crippen LogP) is 4.60. The molecular weight excluding hydrogens is 328 g/mol. The highest BCUT2D eigenvalue weighted by Gasteiger charge is 2.25. The van der Waals surface area contributed by atoms with Crippen LogP contribution in [0.4, 0.5) is 0 Å². The summed E-state index contributed by atoms with van der Waals surface area (Å²) in [6.45, 7) is 3.56. The lowest BCUT2D eigenvalue weighted by Crippen LogP contribution is -2.25. The highest BCUT2D eigenvalue weighted by atomic mass is 35.5. The molecule has 2 atom stereocenters. The topological polar surface area (TPSA) is 45.5 Å². The fourth-order valence-electron chi connectivity index (χ4n) is 3.49. The van der Waals surface area contributed by atoms with Crippen molar-refractivity contribution in [3.8, 4) is 5.75 Å². The van der Waals surface area contributed by atoms with Crippen LogP contribution < -0.4 is 4.74 Å². The zero-order chi connectivity index (χ0) is 16.5. The summed E-state index contributed by atoms with van der Waals surface area (Å²) in [4.78, 5) is 0. The molecular formula is C18H23ClN2O3. The standard InChI is InChI=1S/C18H23ClN2O3/c1-12-8-9-13-16(17(12)24-15-7-3-5-11-23-15)18(19)20-21(13)14-6-2-4-10-22-14/h8-9,14-15H,2-7,10-11H2,1H3. The first-order valence-corrected chi connectivity index (χ1v) is 9.19. The van der Waals surface area contributed by atoms with Gasteiger partial charge < -0.3 is 14.2 Å². The second-order valence-corrected chi connectivity index (χ2v) is 6.93. The molecule has 0 amide bonds. The van der Waals surface area contributed by atoms with E-state index < -0.39 is 0 Å². The van der Waals surface area contributed by atoms with Crippen molar-refractivity contribution in [1.82, 2.24) is 9.78 Å². The van der Waals surface area contributed by atoms with Crippen molar-refractivity contribution in [1.29, 1.82) is 0 Å². The van der Waals surface area contributed by atoms with Gasteiger partial charge in [-0.2, -0.15) is 5.10 Å². The summed E-state index contributed by atoms with van der Waals surface area (Å²) < 4.78 is 19.7. The number of rotatable bonds is 3. The zero-order valence-corrected chi connectivity index (χ0v) is 14.7. The lowest BCUT2D eigenvalue weighted by atomic mass is 10.1. The molecule has 0 spiro atoms. The Kier molecular flexibility index (Phi) is 4.66. The van der Waals surface area contributed by atoms with Crippen LogP contribution in [0, 0.1) is 6.92 Å². The molecule has 2 aliphatic rings. The number of nitrogens with zero attached hydrogens (tertiary/aromatic N) is 2. The molecule has 3 heterocycles. The number of aromatic nitrogens is 2. The minimum absolute atomic E-state index is 0.0461. The minimum atomic E-state index is -0.201. The van der Waals surface area contributed by atoms with Gasteiger partial charge >= 0.3 is 0 Å². The Hall–Kier alpha value is -1.30. The van der Waals surface area contributed by atoms with Gasteiger partial charge in [0.05, 0.1) is 17.5 Å². The van der Waals surface area contributed by atoms with E-state index in [0.29, 0.717) is 5.15 Å². The third-order valence-corrected chi connectivity index (χ3v) is 5.06. The van der Waals surface area contributed by atoms with E-state index in [1.165, 1.54) is 0 Å². The molecule has 0 radical (unpaired) electrons. The fourth-order valence-corrected chi connectivity index (χ4v) is 3.75. The molecule has 6 heteroatoms. The number of benzene rings is 1. The molecule has 0 N–H and O–H groups in total. The van der Waals surface area contributed by atoms with Crippen LogP contribution in [0.25, 0.3) is 10.9 Å². The molecule has 0 aliphatic carbocycles. The van der Waals surface area contributed by atoms with Gasteiger partial charge in [0.25, 0.3) is 0 Å². The van der Waals surface area contributed by atoms with E-state index in [-0.39, 0.29) is 12.5 Å². The van der Waals surface area contributed by atoms with Gasteiger partial charge in [0, 0.05) is 13.0 Å². The van der Waals surface area contributed by atoms with E-state index in [0.717, 1.165) is 74.0 Å². The molecule has 2 aliphatic heterocycles. The van der Waals surface area contributed by atoms with E-state index >= 15 is 0 Å². The lowest BCUT2D eigenvalue weighted by Gasteiger charge is -2.25. The molecule has 2 unspecified atom stereocenters. The summed E-state index contributed by atoms with van der Waals surface area (Å²) in [5.74, 6) is 0.784. The Labute approximate surface area is 146 Å². The van der Waals surface area contributed by atoms with Crippen LogP contribution in [0.2, 0.25) is 5.15 Å². The predicted molar refractivity (Wildman–Crippen MR) is 92.5 cm³/mol. The minimum Gasteiger partial charge on any atom is -0.464 e. The van der Waals surface area contributed by atoms with Crippen LogP contribution in [0.15, 0.2) is 12.1 Å². The average molecular weight is 351 g/mol. The number of halogens is 1. The van der Waals surface area contributed by atoms with Crippen LogP contribution in [-0.2, 0) is 9.47 Å². The van der Waals surface area contributed by atoms with Crippen molar-refractivity contribution in [2.24, 2.45) is 0 Å². The van der Waals surface area contributed by atoms with Crippen LogP contribution in [0.1, 0.15) is 50.3 Å². The molecule has 2 aromatic rings. The van der Waals surface area contributed by atoms with Crippen molar-refractivity contribution in [2.75, 3.05) is 13.2 Å². The number of ether oxygens (including phenoxy) is 3. The Bertz CT molecular complexity index is 719. The van der Waals surface area contributed by atoms with Gasteiger partial charge in [0.2, 0.25) is 0 Å². The van der Waals surface area contributed by atoms with Crippen molar-refractivity contribution in [3.05, 3.63) is 22.8 Å².